The monoisotopic (exact) mass is 999 g/mol. The quantitative estimate of drug-likeness (QED) is 0.0236. The highest BCUT2D eigenvalue weighted by molar-refractivity contribution is 6.03. The number of allylic oxidation sites excluding steroid dienone is 1. The molecule has 1 amide bonds. The fourth-order valence-corrected chi connectivity index (χ4v) is 11.6. The fraction of sp³-hybridized carbons (Fsp3) is 0.532. The third kappa shape index (κ3) is 13.6. The smallest absolute Gasteiger partial charge is 0.239 e. The second-order valence-corrected chi connectivity index (χ2v) is 21.3. The van der Waals surface area contributed by atoms with E-state index >= 15 is 4.79 Å². The molecule has 0 radical (unpaired) electrons. The van der Waals surface area contributed by atoms with Crippen molar-refractivity contribution in [3.8, 4) is 23.0 Å². The number of rotatable bonds is 29. The summed E-state index contributed by atoms with van der Waals surface area (Å²) in [6.45, 7) is 13.0. The maximum atomic E-state index is 15.6. The van der Waals surface area contributed by atoms with E-state index in [4.69, 9.17) is 28.9 Å². The van der Waals surface area contributed by atoms with Crippen LogP contribution in [0.1, 0.15) is 164 Å². The van der Waals surface area contributed by atoms with E-state index in [1.165, 1.54) is 45.6 Å². The number of ether oxygens (including phenoxy) is 4. The van der Waals surface area contributed by atoms with E-state index < -0.39 is 23.3 Å². The molecule has 0 aromatic heterocycles. The van der Waals surface area contributed by atoms with Gasteiger partial charge in [-0.25, -0.2) is 0 Å². The minimum atomic E-state index is -1.42. The Kier molecular flexibility index (Phi) is 20.2. The van der Waals surface area contributed by atoms with Crippen molar-refractivity contribution in [1.82, 2.24) is 4.90 Å². The number of carbonyl (C=O) groups is 2. The summed E-state index contributed by atoms with van der Waals surface area (Å²) in [6.07, 6.45) is 20.4. The first-order valence-electron chi connectivity index (χ1n) is 27.3. The second kappa shape index (κ2) is 26.6. The standard InChI is InChI=1S/C62H82N2O9/c1-7-9-10-11-12-13-14-15-16-30-58(68)64(42-46-27-23-26-44-24-17-18-28-50(44)46)57-41-54(63-73-61(3,4)5)52-39-45(25-19-21-35-65)51(29-20-22-36-66)59-53-40-49(71-48-31-33-55(69-6)47(38-48)43-67)32-34-56(53)72-62(57,60(52)59)70-37-8-2/h8,17-18,23-24,26-28,31-34,38-40,43,45,51,57,59-60,65-66H,2,7,9-16,19-22,25,29-30,35-37,41-42H2,1,3-6H3. The predicted molar refractivity (Wildman–Crippen MR) is 291 cm³/mol. The lowest BCUT2D eigenvalue weighted by atomic mass is 9.55. The van der Waals surface area contributed by atoms with Crippen LogP contribution in [0.25, 0.3) is 10.8 Å². The first-order valence-corrected chi connectivity index (χ1v) is 27.3. The van der Waals surface area contributed by atoms with E-state index in [2.05, 4.69) is 62.0 Å². The lowest BCUT2D eigenvalue weighted by Crippen LogP contribution is -2.70. The van der Waals surface area contributed by atoms with Crippen molar-refractivity contribution in [3.05, 3.63) is 120 Å². The molecule has 1 fully saturated rings. The zero-order chi connectivity index (χ0) is 51.8. The summed E-state index contributed by atoms with van der Waals surface area (Å²) in [4.78, 5) is 36.1. The number of oxime groups is 1. The van der Waals surface area contributed by atoms with Gasteiger partial charge in [0.05, 0.1) is 30.9 Å². The molecule has 0 saturated heterocycles. The van der Waals surface area contributed by atoms with Crippen molar-refractivity contribution >= 4 is 28.7 Å². The van der Waals surface area contributed by atoms with Gasteiger partial charge in [0.15, 0.2) is 6.29 Å². The van der Waals surface area contributed by atoms with Crippen LogP contribution in [-0.2, 0) is 20.9 Å². The number of carbonyl (C=O) groups excluding carboxylic acids is 2. The zero-order valence-corrected chi connectivity index (χ0v) is 44.3. The van der Waals surface area contributed by atoms with Crippen LogP contribution in [0.4, 0.5) is 0 Å². The van der Waals surface area contributed by atoms with E-state index in [-0.39, 0.29) is 43.5 Å². The Bertz CT molecular complexity index is 2510. The van der Waals surface area contributed by atoms with Crippen LogP contribution in [0.15, 0.2) is 108 Å². The Morgan fingerprint density at radius 2 is 1.56 bits per heavy atom. The molecule has 2 aliphatic carbocycles. The van der Waals surface area contributed by atoms with Crippen LogP contribution in [0, 0.1) is 17.8 Å². The molecule has 1 aliphatic heterocycles. The van der Waals surface area contributed by atoms with Crippen molar-refractivity contribution < 1.29 is 43.6 Å². The van der Waals surface area contributed by atoms with Gasteiger partial charge in [-0.3, -0.25) is 9.59 Å². The van der Waals surface area contributed by atoms with E-state index in [0.717, 1.165) is 84.4 Å². The number of fused-ring (bicyclic) bond motifs is 3. The van der Waals surface area contributed by atoms with E-state index in [9.17, 15) is 15.0 Å². The molecule has 7 rings (SSSR count). The molecule has 394 valence electrons. The lowest BCUT2D eigenvalue weighted by molar-refractivity contribution is -0.258. The Labute approximate surface area is 435 Å². The number of amides is 1. The molecule has 0 spiro atoms. The summed E-state index contributed by atoms with van der Waals surface area (Å²) >= 11 is 0. The molecular weight excluding hydrogens is 917 g/mol. The number of aldehydes is 1. The van der Waals surface area contributed by atoms with Crippen molar-refractivity contribution in [1.29, 1.82) is 0 Å². The van der Waals surface area contributed by atoms with Crippen molar-refractivity contribution in [2.24, 2.45) is 22.9 Å². The molecule has 73 heavy (non-hydrogen) atoms. The van der Waals surface area contributed by atoms with Crippen molar-refractivity contribution in [2.75, 3.05) is 26.9 Å². The number of hydrogen-bond donors (Lipinski definition) is 2. The average molecular weight is 999 g/mol. The van der Waals surface area contributed by atoms with Gasteiger partial charge >= 0.3 is 0 Å². The minimum Gasteiger partial charge on any atom is -0.496 e. The summed E-state index contributed by atoms with van der Waals surface area (Å²) in [5.41, 5.74) is 3.46. The second-order valence-electron chi connectivity index (χ2n) is 21.3. The number of unbranched alkanes of at least 4 members (excludes halogenated alkanes) is 10. The van der Waals surface area contributed by atoms with E-state index in [1.807, 2.05) is 43.9 Å². The third-order valence-electron chi connectivity index (χ3n) is 15.0. The van der Waals surface area contributed by atoms with E-state index in [0.29, 0.717) is 60.8 Å². The fourth-order valence-electron chi connectivity index (χ4n) is 11.6. The summed E-state index contributed by atoms with van der Waals surface area (Å²) in [5, 5.41) is 27.5. The first kappa shape index (κ1) is 55.3. The molecule has 0 bridgehead atoms. The summed E-state index contributed by atoms with van der Waals surface area (Å²) in [6, 6.07) is 25.1. The number of benzene rings is 4. The van der Waals surface area contributed by atoms with E-state index in [1.54, 1.807) is 24.3 Å². The zero-order valence-electron chi connectivity index (χ0n) is 44.3. The molecule has 4 aromatic carbocycles. The molecular formula is C62H82N2O9. The highest BCUT2D eigenvalue weighted by atomic mass is 16.7. The molecule has 2 N–H and O–H groups in total. The SMILES string of the molecule is C=CCOC12Oc3ccc(Oc4ccc(OC)c(C=O)c4)cc3C3C(CCCCO)C(CCCCO)C=C(C(=NOC(C)(C)C)CC1N(Cc1cccc4ccccc14)C(=O)CCCCCCCCCCC)C32. The minimum absolute atomic E-state index is 0.0268. The average Bonchev–Trinajstić information content (AvgIpc) is 3.39. The van der Waals surface area contributed by atoms with Crippen LogP contribution in [0.2, 0.25) is 0 Å². The molecule has 3 aliphatic rings. The van der Waals surface area contributed by atoms with Gasteiger partial charge in [-0.15, -0.1) is 6.58 Å². The van der Waals surface area contributed by atoms with Gasteiger partial charge in [-0.05, 0) is 123 Å². The molecule has 1 heterocycles. The summed E-state index contributed by atoms with van der Waals surface area (Å²) in [5.74, 6) is 0.113. The van der Waals surface area contributed by atoms with Gasteiger partial charge in [-0.2, -0.15) is 0 Å². The number of hydrogen-bond acceptors (Lipinski definition) is 10. The normalized spacial score (nSPS) is 21.7. The largest absolute Gasteiger partial charge is 0.496 e. The van der Waals surface area contributed by atoms with Gasteiger partial charge in [-0.1, -0.05) is 131 Å². The molecule has 6 unspecified atom stereocenters. The van der Waals surface area contributed by atoms with Gasteiger partial charge < -0.3 is 38.9 Å². The van der Waals surface area contributed by atoms with Crippen LogP contribution in [0.5, 0.6) is 23.0 Å². The number of methoxy groups -OCH3 is 1. The molecule has 11 nitrogen and oxygen atoms in total. The highest BCUT2D eigenvalue weighted by Crippen LogP contribution is 2.62. The highest BCUT2D eigenvalue weighted by Gasteiger charge is 2.65. The molecule has 11 heteroatoms. The molecule has 6 atom stereocenters. The van der Waals surface area contributed by atoms with Gasteiger partial charge in [0.1, 0.15) is 34.6 Å². The number of nitrogens with zero attached hydrogens (tertiary/aromatic N) is 2. The van der Waals surface area contributed by atoms with Crippen LogP contribution in [0.3, 0.4) is 0 Å². The predicted octanol–water partition coefficient (Wildman–Crippen LogP) is 13.8. The van der Waals surface area contributed by atoms with Crippen LogP contribution < -0.4 is 14.2 Å². The number of aliphatic hydroxyl groups is 2. The summed E-state index contributed by atoms with van der Waals surface area (Å²) in [7, 11) is 1.53. The maximum absolute atomic E-state index is 15.6. The Morgan fingerprint density at radius 3 is 2.27 bits per heavy atom. The Morgan fingerprint density at radius 1 is 0.863 bits per heavy atom. The first-order chi connectivity index (χ1) is 35.5. The van der Waals surface area contributed by atoms with Gasteiger partial charge in [0.25, 0.3) is 0 Å². The van der Waals surface area contributed by atoms with Crippen molar-refractivity contribution in [3.63, 3.8) is 0 Å². The topological polar surface area (TPSA) is 136 Å². The molecule has 4 aromatic rings. The van der Waals surface area contributed by atoms with Crippen molar-refractivity contribution in [2.45, 2.75) is 167 Å². The lowest BCUT2D eigenvalue weighted by Gasteiger charge is -2.60. The summed E-state index contributed by atoms with van der Waals surface area (Å²) < 4.78 is 27.0. The number of aliphatic hydroxyl groups excluding tert-OH is 2. The Balaban J connectivity index is 1.41. The molecule has 1 saturated carbocycles. The van der Waals surface area contributed by atoms with Gasteiger partial charge in [0.2, 0.25) is 11.7 Å². The maximum Gasteiger partial charge on any atom is 0.239 e. The third-order valence-corrected chi connectivity index (χ3v) is 15.0. The van der Waals surface area contributed by atoms with Crippen LogP contribution >= 0.6 is 0 Å². The van der Waals surface area contributed by atoms with Gasteiger partial charge in [0, 0.05) is 44.1 Å². The Hall–Kier alpha value is -5.49. The van der Waals surface area contributed by atoms with Crippen LogP contribution in [-0.4, -0.2) is 77.4 Å².